The van der Waals surface area contributed by atoms with E-state index in [-0.39, 0.29) is 17.4 Å². The molecule has 0 aromatic heterocycles. The van der Waals surface area contributed by atoms with E-state index in [9.17, 15) is 9.59 Å². The number of carbonyl (C=O) groups is 1. The zero-order chi connectivity index (χ0) is 26.5. The third-order valence-corrected chi connectivity index (χ3v) is 6.37. The molecule has 1 amide bonds. The smallest absolute Gasteiger partial charge is 0.217 e. The first-order chi connectivity index (χ1) is 17.9. The molecule has 8 heteroatoms. The largest absolute Gasteiger partial charge is 0.493 e. The van der Waals surface area contributed by atoms with E-state index in [2.05, 4.69) is 10.6 Å². The van der Waals surface area contributed by atoms with Crippen LogP contribution in [0.15, 0.2) is 53.3 Å². The maximum Gasteiger partial charge on any atom is 0.217 e. The topological polar surface area (TPSA) is 95.1 Å². The van der Waals surface area contributed by atoms with Gasteiger partial charge in [0, 0.05) is 12.5 Å². The number of nitrogens with one attached hydrogen (secondary N) is 2. The molecule has 2 N–H and O–H groups in total. The van der Waals surface area contributed by atoms with E-state index in [1.165, 1.54) is 6.92 Å². The van der Waals surface area contributed by atoms with Crippen molar-refractivity contribution in [2.24, 2.45) is 0 Å². The van der Waals surface area contributed by atoms with Crippen molar-refractivity contribution in [3.63, 3.8) is 0 Å². The average Bonchev–Trinajstić information content (AvgIpc) is 3.13. The molecule has 8 nitrogen and oxygen atoms in total. The monoisotopic (exact) mass is 504 g/mol. The predicted octanol–water partition coefficient (Wildman–Crippen LogP) is 5.01. The highest BCUT2D eigenvalue weighted by Crippen LogP contribution is 2.50. The number of anilines is 2. The maximum absolute atomic E-state index is 13.5. The molecule has 0 saturated carbocycles. The molecule has 1 atom stereocenters. The minimum atomic E-state index is -0.370. The van der Waals surface area contributed by atoms with Gasteiger partial charge in [0.25, 0.3) is 0 Å². The Kier molecular flexibility index (Phi) is 7.86. The molecule has 0 heterocycles. The van der Waals surface area contributed by atoms with Gasteiger partial charge < -0.3 is 29.6 Å². The number of fused-ring (bicyclic) bond motifs is 3. The molecular weight excluding hydrogens is 472 g/mol. The molecule has 0 fully saturated rings. The molecule has 1 unspecified atom stereocenters. The Hall–Kier alpha value is -4.20. The summed E-state index contributed by atoms with van der Waals surface area (Å²) in [6.07, 6.45) is 1.23. The molecule has 0 spiro atoms. The molecular formula is C29H32N2O6. The second-order valence-electron chi connectivity index (χ2n) is 8.65. The van der Waals surface area contributed by atoms with Gasteiger partial charge in [0.1, 0.15) is 5.75 Å². The van der Waals surface area contributed by atoms with Gasteiger partial charge in [-0.2, -0.15) is 0 Å². The van der Waals surface area contributed by atoms with Gasteiger partial charge in [0.2, 0.25) is 17.1 Å². The van der Waals surface area contributed by atoms with Crippen molar-refractivity contribution in [2.75, 3.05) is 33.3 Å². The summed E-state index contributed by atoms with van der Waals surface area (Å²) in [5.74, 6) is 2.00. The molecule has 1 aliphatic rings. The number of carbonyl (C=O) groups excluding carboxylic acids is 1. The van der Waals surface area contributed by atoms with E-state index in [1.807, 2.05) is 43.3 Å². The average molecular weight is 505 g/mol. The molecule has 3 aromatic carbocycles. The first-order valence-corrected chi connectivity index (χ1v) is 12.2. The highest BCUT2D eigenvalue weighted by molar-refractivity contribution is 5.84. The lowest BCUT2D eigenvalue weighted by Crippen LogP contribution is -2.26. The molecule has 37 heavy (non-hydrogen) atoms. The van der Waals surface area contributed by atoms with Crippen LogP contribution in [0.2, 0.25) is 0 Å². The highest BCUT2D eigenvalue weighted by atomic mass is 16.5. The second kappa shape index (κ2) is 11.2. The summed E-state index contributed by atoms with van der Waals surface area (Å²) in [6, 6.07) is 14.2. The molecule has 3 aromatic rings. The lowest BCUT2D eigenvalue weighted by atomic mass is 9.95. The number of methoxy groups -OCH3 is 3. The van der Waals surface area contributed by atoms with Crippen LogP contribution in [-0.2, 0) is 11.2 Å². The fourth-order valence-electron chi connectivity index (χ4n) is 4.81. The summed E-state index contributed by atoms with van der Waals surface area (Å²) in [5.41, 5.74) is 4.10. The SMILES string of the molecule is CCOc1ccccc1Nc1ccc2c(cc1=O)C(NC(C)=O)CCc1cc(OC)c(OC)c(OC)c1-2. The van der Waals surface area contributed by atoms with Crippen molar-refractivity contribution in [2.45, 2.75) is 32.7 Å². The van der Waals surface area contributed by atoms with Crippen molar-refractivity contribution < 1.29 is 23.7 Å². The van der Waals surface area contributed by atoms with Crippen molar-refractivity contribution >= 4 is 17.3 Å². The first-order valence-electron chi connectivity index (χ1n) is 12.2. The number of hydrogen-bond donors (Lipinski definition) is 2. The summed E-state index contributed by atoms with van der Waals surface area (Å²) in [6.45, 7) is 3.88. The Morgan fingerprint density at radius 3 is 2.38 bits per heavy atom. The predicted molar refractivity (Wildman–Crippen MR) is 144 cm³/mol. The number of aryl methyl sites for hydroxylation is 1. The highest BCUT2D eigenvalue weighted by Gasteiger charge is 2.29. The van der Waals surface area contributed by atoms with Gasteiger partial charge in [0.15, 0.2) is 11.5 Å². The lowest BCUT2D eigenvalue weighted by Gasteiger charge is -2.19. The van der Waals surface area contributed by atoms with Crippen LogP contribution >= 0.6 is 0 Å². The van der Waals surface area contributed by atoms with Crippen LogP contribution in [0.1, 0.15) is 37.4 Å². The zero-order valence-corrected chi connectivity index (χ0v) is 21.8. The maximum atomic E-state index is 13.5. The Morgan fingerprint density at radius 2 is 1.70 bits per heavy atom. The fourth-order valence-corrected chi connectivity index (χ4v) is 4.81. The summed E-state index contributed by atoms with van der Waals surface area (Å²) in [7, 11) is 4.71. The molecule has 0 radical (unpaired) electrons. The number of hydrogen-bond acceptors (Lipinski definition) is 7. The quantitative estimate of drug-likeness (QED) is 0.446. The Labute approximate surface area is 216 Å². The van der Waals surface area contributed by atoms with E-state index >= 15 is 0 Å². The Balaban J connectivity index is 1.96. The van der Waals surface area contributed by atoms with Crippen LogP contribution in [0.4, 0.5) is 11.4 Å². The van der Waals surface area contributed by atoms with E-state index in [1.54, 1.807) is 33.5 Å². The molecule has 4 rings (SSSR count). The third kappa shape index (κ3) is 5.18. The Bertz CT molecular complexity index is 1370. The normalized spacial score (nSPS) is 13.9. The van der Waals surface area contributed by atoms with Crippen LogP contribution in [-0.4, -0.2) is 33.8 Å². The van der Waals surface area contributed by atoms with Gasteiger partial charge in [-0.1, -0.05) is 18.2 Å². The molecule has 194 valence electrons. The number of rotatable bonds is 8. The summed E-state index contributed by atoms with van der Waals surface area (Å²) >= 11 is 0. The van der Waals surface area contributed by atoms with Crippen molar-refractivity contribution in [3.8, 4) is 34.1 Å². The van der Waals surface area contributed by atoms with Gasteiger partial charge in [-0.25, -0.2) is 0 Å². The lowest BCUT2D eigenvalue weighted by molar-refractivity contribution is -0.119. The van der Waals surface area contributed by atoms with Gasteiger partial charge in [-0.15, -0.1) is 0 Å². The van der Waals surface area contributed by atoms with E-state index in [0.717, 1.165) is 16.7 Å². The van der Waals surface area contributed by atoms with Crippen molar-refractivity contribution in [3.05, 3.63) is 69.9 Å². The zero-order valence-electron chi connectivity index (χ0n) is 21.8. The Morgan fingerprint density at radius 1 is 0.946 bits per heavy atom. The van der Waals surface area contributed by atoms with Crippen LogP contribution in [0.25, 0.3) is 11.1 Å². The molecule has 1 aliphatic carbocycles. The molecule has 0 aliphatic heterocycles. The summed E-state index contributed by atoms with van der Waals surface area (Å²) < 4.78 is 22.8. The number of benzene rings is 2. The van der Waals surface area contributed by atoms with E-state index in [4.69, 9.17) is 18.9 Å². The first kappa shape index (κ1) is 25.9. The van der Waals surface area contributed by atoms with E-state index < -0.39 is 0 Å². The minimum absolute atomic E-state index is 0.174. The summed E-state index contributed by atoms with van der Waals surface area (Å²) in [5, 5.41) is 6.25. The van der Waals surface area contributed by atoms with E-state index in [0.29, 0.717) is 59.4 Å². The summed E-state index contributed by atoms with van der Waals surface area (Å²) in [4.78, 5) is 25.6. The molecule has 0 saturated heterocycles. The van der Waals surface area contributed by atoms with Crippen LogP contribution in [0.3, 0.4) is 0 Å². The van der Waals surface area contributed by atoms with Gasteiger partial charge >= 0.3 is 0 Å². The fraction of sp³-hybridized carbons (Fsp3) is 0.310. The van der Waals surface area contributed by atoms with Gasteiger partial charge in [-0.3, -0.25) is 9.59 Å². The van der Waals surface area contributed by atoms with Gasteiger partial charge in [0.05, 0.1) is 45.4 Å². The number of amides is 1. The second-order valence-corrected chi connectivity index (χ2v) is 8.65. The molecule has 0 bridgehead atoms. The third-order valence-electron chi connectivity index (χ3n) is 6.37. The minimum Gasteiger partial charge on any atom is -0.493 e. The van der Waals surface area contributed by atoms with Crippen LogP contribution in [0, 0.1) is 0 Å². The van der Waals surface area contributed by atoms with Crippen molar-refractivity contribution in [1.29, 1.82) is 0 Å². The number of para-hydroxylation sites is 2. The van der Waals surface area contributed by atoms with Crippen LogP contribution in [0.5, 0.6) is 23.0 Å². The van der Waals surface area contributed by atoms with Gasteiger partial charge in [-0.05, 0) is 66.8 Å². The van der Waals surface area contributed by atoms with Crippen molar-refractivity contribution in [1.82, 2.24) is 5.32 Å². The standard InChI is InChI=1S/C29H32N2O6/c1-6-37-25-10-8-7-9-23(25)31-22-14-12-19-20(16-24(22)33)21(30-17(2)32)13-11-18-15-26(34-3)28(35-4)29(36-5)27(18)19/h7-10,12,14-16,21H,6,11,13H2,1-5H3,(H,30,32)(H,31,33). The number of ether oxygens (including phenoxy) is 4. The van der Waals surface area contributed by atoms with Crippen LogP contribution < -0.4 is 35.0 Å².